The molecular weight excluding hydrogens is 239 g/mol. The molecule has 1 aromatic carbocycles. The van der Waals surface area contributed by atoms with Gasteiger partial charge >= 0.3 is 0 Å². The third-order valence-corrected chi connectivity index (χ3v) is 3.95. The van der Waals surface area contributed by atoms with E-state index in [2.05, 4.69) is 11.8 Å². The van der Waals surface area contributed by atoms with Gasteiger partial charge in [-0.2, -0.15) is 0 Å². The van der Waals surface area contributed by atoms with Gasteiger partial charge in [-0.25, -0.2) is 4.39 Å². The molecule has 0 aliphatic carbocycles. The number of hydrogen-bond acceptors (Lipinski definition) is 2. The van der Waals surface area contributed by atoms with E-state index >= 15 is 0 Å². The van der Waals surface area contributed by atoms with Gasteiger partial charge in [0, 0.05) is 19.1 Å². The number of halogens is 1. The fourth-order valence-corrected chi connectivity index (χ4v) is 2.88. The Bertz CT molecular complexity index is 375. The SMILES string of the molecule is CC(N)CCC1CCCN(Cc2ccc(F)cc2)C1. The van der Waals surface area contributed by atoms with Crippen molar-refractivity contribution < 1.29 is 4.39 Å². The lowest BCUT2D eigenvalue weighted by Crippen LogP contribution is -2.35. The number of piperidine rings is 1. The van der Waals surface area contributed by atoms with Gasteiger partial charge in [0.15, 0.2) is 0 Å². The van der Waals surface area contributed by atoms with Crippen LogP contribution in [-0.4, -0.2) is 24.0 Å². The highest BCUT2D eigenvalue weighted by Gasteiger charge is 2.19. The van der Waals surface area contributed by atoms with Gasteiger partial charge in [-0.05, 0) is 62.8 Å². The van der Waals surface area contributed by atoms with Gasteiger partial charge in [0.2, 0.25) is 0 Å². The molecule has 1 aromatic rings. The smallest absolute Gasteiger partial charge is 0.123 e. The van der Waals surface area contributed by atoms with Gasteiger partial charge in [0.05, 0.1) is 0 Å². The number of likely N-dealkylation sites (tertiary alicyclic amines) is 1. The van der Waals surface area contributed by atoms with Crippen molar-refractivity contribution in [3.05, 3.63) is 35.6 Å². The van der Waals surface area contributed by atoms with Crippen LogP contribution in [0.3, 0.4) is 0 Å². The maximum absolute atomic E-state index is 12.9. The Morgan fingerprint density at radius 2 is 2.11 bits per heavy atom. The lowest BCUT2D eigenvalue weighted by Gasteiger charge is -2.33. The van der Waals surface area contributed by atoms with Gasteiger partial charge in [0.25, 0.3) is 0 Å². The molecule has 1 saturated heterocycles. The summed E-state index contributed by atoms with van der Waals surface area (Å²) in [5.74, 6) is 0.623. The van der Waals surface area contributed by atoms with Crippen LogP contribution < -0.4 is 5.73 Å². The molecular formula is C16H25FN2. The number of rotatable bonds is 5. The van der Waals surface area contributed by atoms with Gasteiger partial charge in [0.1, 0.15) is 5.82 Å². The number of nitrogens with two attached hydrogens (primary N) is 1. The normalized spacial score (nSPS) is 22.4. The first kappa shape index (κ1) is 14.5. The van der Waals surface area contributed by atoms with E-state index in [0.29, 0.717) is 6.04 Å². The van der Waals surface area contributed by atoms with Crippen LogP contribution in [-0.2, 0) is 6.54 Å². The molecule has 1 aliphatic rings. The zero-order valence-corrected chi connectivity index (χ0v) is 11.8. The second-order valence-corrected chi connectivity index (χ2v) is 5.92. The fraction of sp³-hybridized carbons (Fsp3) is 0.625. The highest BCUT2D eigenvalue weighted by atomic mass is 19.1. The van der Waals surface area contributed by atoms with Crippen LogP contribution in [0.25, 0.3) is 0 Å². The Balaban J connectivity index is 1.82. The summed E-state index contributed by atoms with van der Waals surface area (Å²) in [4.78, 5) is 2.49. The molecule has 0 spiro atoms. The summed E-state index contributed by atoms with van der Waals surface area (Å²) >= 11 is 0. The molecule has 106 valence electrons. The van der Waals surface area contributed by atoms with E-state index in [4.69, 9.17) is 5.73 Å². The standard InChI is InChI=1S/C16H25FN2/c1-13(18)4-5-14-3-2-10-19(11-14)12-15-6-8-16(17)9-7-15/h6-9,13-14H,2-5,10-12,18H2,1H3. The van der Waals surface area contributed by atoms with Crippen LogP contribution in [0.15, 0.2) is 24.3 Å². The average molecular weight is 264 g/mol. The minimum Gasteiger partial charge on any atom is -0.328 e. The highest BCUT2D eigenvalue weighted by Crippen LogP contribution is 2.22. The van der Waals surface area contributed by atoms with E-state index in [-0.39, 0.29) is 5.82 Å². The molecule has 19 heavy (non-hydrogen) atoms. The van der Waals surface area contributed by atoms with Crippen LogP contribution in [0.4, 0.5) is 4.39 Å². The van der Waals surface area contributed by atoms with Crippen molar-refractivity contribution in [1.29, 1.82) is 0 Å². The summed E-state index contributed by atoms with van der Waals surface area (Å²) in [6.45, 7) is 5.34. The Morgan fingerprint density at radius 3 is 2.79 bits per heavy atom. The molecule has 2 nitrogen and oxygen atoms in total. The van der Waals surface area contributed by atoms with Crippen LogP contribution in [0.1, 0.15) is 38.2 Å². The van der Waals surface area contributed by atoms with Crippen molar-refractivity contribution in [3.63, 3.8) is 0 Å². The summed E-state index contributed by atoms with van der Waals surface area (Å²) in [7, 11) is 0. The van der Waals surface area contributed by atoms with E-state index in [1.807, 2.05) is 12.1 Å². The minimum absolute atomic E-state index is 0.155. The largest absolute Gasteiger partial charge is 0.328 e. The lowest BCUT2D eigenvalue weighted by atomic mass is 9.92. The summed E-state index contributed by atoms with van der Waals surface area (Å²) in [6.07, 6.45) is 4.95. The van der Waals surface area contributed by atoms with Crippen LogP contribution in [0.2, 0.25) is 0 Å². The van der Waals surface area contributed by atoms with Gasteiger partial charge in [-0.15, -0.1) is 0 Å². The quantitative estimate of drug-likeness (QED) is 0.885. The van der Waals surface area contributed by atoms with E-state index in [0.717, 1.165) is 32.0 Å². The molecule has 0 saturated carbocycles. The summed E-state index contributed by atoms with van der Waals surface area (Å²) in [5, 5.41) is 0. The number of benzene rings is 1. The molecule has 0 amide bonds. The third-order valence-electron chi connectivity index (χ3n) is 3.95. The van der Waals surface area contributed by atoms with E-state index in [9.17, 15) is 4.39 Å². The second kappa shape index (κ2) is 7.01. The first-order valence-corrected chi connectivity index (χ1v) is 7.36. The predicted octanol–water partition coefficient (Wildman–Crippen LogP) is 3.17. The third kappa shape index (κ3) is 4.92. The molecule has 2 N–H and O–H groups in total. The molecule has 1 aliphatic heterocycles. The molecule has 0 aromatic heterocycles. The van der Waals surface area contributed by atoms with Crippen molar-refractivity contribution in [1.82, 2.24) is 4.90 Å². The zero-order valence-electron chi connectivity index (χ0n) is 11.8. The number of nitrogens with zero attached hydrogens (tertiary/aromatic N) is 1. The van der Waals surface area contributed by atoms with Crippen molar-refractivity contribution >= 4 is 0 Å². The van der Waals surface area contributed by atoms with Crippen molar-refractivity contribution in [2.45, 2.75) is 45.2 Å². The maximum Gasteiger partial charge on any atom is 0.123 e. The average Bonchev–Trinajstić information content (AvgIpc) is 2.40. The Hall–Kier alpha value is -0.930. The maximum atomic E-state index is 12.9. The summed E-state index contributed by atoms with van der Waals surface area (Å²) in [5.41, 5.74) is 7.04. The summed E-state index contributed by atoms with van der Waals surface area (Å²) in [6, 6.07) is 7.19. The van der Waals surface area contributed by atoms with E-state index in [1.54, 1.807) is 12.1 Å². The predicted molar refractivity (Wildman–Crippen MR) is 77.3 cm³/mol. The Morgan fingerprint density at radius 1 is 1.37 bits per heavy atom. The van der Waals surface area contributed by atoms with Crippen LogP contribution >= 0.6 is 0 Å². The number of hydrogen-bond donors (Lipinski definition) is 1. The summed E-state index contributed by atoms with van der Waals surface area (Å²) < 4.78 is 12.9. The van der Waals surface area contributed by atoms with E-state index < -0.39 is 0 Å². The molecule has 2 rings (SSSR count). The first-order chi connectivity index (χ1) is 9.13. The molecule has 3 heteroatoms. The van der Waals surface area contributed by atoms with Gasteiger partial charge in [-0.3, -0.25) is 4.90 Å². The molecule has 2 atom stereocenters. The highest BCUT2D eigenvalue weighted by molar-refractivity contribution is 5.15. The second-order valence-electron chi connectivity index (χ2n) is 5.92. The van der Waals surface area contributed by atoms with Crippen LogP contribution in [0.5, 0.6) is 0 Å². The Kier molecular flexibility index (Phi) is 5.34. The monoisotopic (exact) mass is 264 g/mol. The minimum atomic E-state index is -0.155. The van der Waals surface area contributed by atoms with Crippen molar-refractivity contribution in [3.8, 4) is 0 Å². The molecule has 1 heterocycles. The van der Waals surface area contributed by atoms with E-state index in [1.165, 1.54) is 24.8 Å². The first-order valence-electron chi connectivity index (χ1n) is 7.36. The van der Waals surface area contributed by atoms with Gasteiger partial charge < -0.3 is 5.73 Å². The molecule has 2 unspecified atom stereocenters. The molecule has 0 bridgehead atoms. The van der Waals surface area contributed by atoms with Gasteiger partial charge in [-0.1, -0.05) is 12.1 Å². The lowest BCUT2D eigenvalue weighted by molar-refractivity contribution is 0.159. The molecule has 0 radical (unpaired) electrons. The molecule has 1 fully saturated rings. The zero-order chi connectivity index (χ0) is 13.7. The van der Waals surface area contributed by atoms with Crippen molar-refractivity contribution in [2.24, 2.45) is 11.7 Å². The van der Waals surface area contributed by atoms with Crippen molar-refractivity contribution in [2.75, 3.05) is 13.1 Å². The Labute approximate surface area is 115 Å². The topological polar surface area (TPSA) is 29.3 Å². The van der Waals surface area contributed by atoms with Crippen LogP contribution in [0, 0.1) is 11.7 Å². The fourth-order valence-electron chi connectivity index (χ4n) is 2.88.